The molecule has 3 aromatic rings. The van der Waals surface area contributed by atoms with Gasteiger partial charge in [0.15, 0.2) is 0 Å². The minimum absolute atomic E-state index is 0.0337. The molecule has 9 nitrogen and oxygen atoms in total. The molecule has 172 valence electrons. The maximum atomic E-state index is 12.8. The third-order valence-electron chi connectivity index (χ3n) is 5.31. The Hall–Kier alpha value is -3.90. The second kappa shape index (κ2) is 10.1. The van der Waals surface area contributed by atoms with Crippen LogP contribution in [0.5, 0.6) is 0 Å². The molecule has 0 aliphatic rings. The van der Waals surface area contributed by atoms with Gasteiger partial charge in [-0.15, -0.1) is 0 Å². The number of aryl methyl sites for hydroxylation is 1. The van der Waals surface area contributed by atoms with E-state index in [1.54, 1.807) is 38.4 Å². The van der Waals surface area contributed by atoms with E-state index in [1.165, 1.54) is 10.7 Å². The molecule has 3 rings (SSSR count). The number of anilines is 1. The number of carbonyl (C=O) groups excluding carboxylic acids is 2. The normalized spacial score (nSPS) is 12.4. The van der Waals surface area contributed by atoms with E-state index < -0.39 is 11.9 Å². The Morgan fingerprint density at radius 3 is 2.76 bits per heavy atom. The Balaban J connectivity index is 1.87. The first kappa shape index (κ1) is 23.8. The maximum absolute atomic E-state index is 12.8. The number of aromatic nitrogens is 3. The van der Waals surface area contributed by atoms with E-state index in [4.69, 9.17) is 9.47 Å². The summed E-state index contributed by atoms with van der Waals surface area (Å²) in [7, 11) is 1.65. The van der Waals surface area contributed by atoms with Gasteiger partial charge in [0.05, 0.1) is 31.0 Å². The standard InChI is InChI=1S/C24H27N5O4/c1-6-33-24(31)21-13-26-28-8-7-20(11-22(21)28)27-23(30)19(12-25)10-18-9-15(2)29(17(18)4)16(3)14-32-5/h7-11,13,16H,6,14H2,1-5H3,(H,27,30)/b19-10+. The molecular weight excluding hydrogens is 422 g/mol. The fourth-order valence-electron chi connectivity index (χ4n) is 3.87. The summed E-state index contributed by atoms with van der Waals surface area (Å²) >= 11 is 0. The van der Waals surface area contributed by atoms with Crippen molar-refractivity contribution in [3.05, 3.63) is 58.7 Å². The summed E-state index contributed by atoms with van der Waals surface area (Å²) in [5.74, 6) is -1.04. The molecule has 0 aromatic carbocycles. The molecule has 0 aliphatic heterocycles. The van der Waals surface area contributed by atoms with Crippen LogP contribution in [0.25, 0.3) is 11.6 Å². The van der Waals surface area contributed by atoms with E-state index in [1.807, 2.05) is 32.9 Å². The van der Waals surface area contributed by atoms with Gasteiger partial charge < -0.3 is 19.4 Å². The van der Waals surface area contributed by atoms with Crippen LogP contribution in [0.2, 0.25) is 0 Å². The molecule has 33 heavy (non-hydrogen) atoms. The predicted octanol–water partition coefficient (Wildman–Crippen LogP) is 3.68. The number of nitrogens with one attached hydrogen (secondary N) is 1. The number of methoxy groups -OCH3 is 1. The fraction of sp³-hybridized carbons (Fsp3) is 0.333. The quantitative estimate of drug-likeness (QED) is 0.319. The van der Waals surface area contributed by atoms with E-state index in [0.717, 1.165) is 17.0 Å². The minimum atomic E-state index is -0.547. The molecule has 3 heterocycles. The van der Waals surface area contributed by atoms with E-state index in [-0.39, 0.29) is 18.2 Å². The molecule has 0 bridgehead atoms. The number of nitrogens with zero attached hydrogens (tertiary/aromatic N) is 4. The topological polar surface area (TPSA) is 111 Å². The third kappa shape index (κ3) is 4.96. The zero-order valence-electron chi connectivity index (χ0n) is 19.4. The van der Waals surface area contributed by atoms with Crippen LogP contribution in [0.1, 0.15) is 47.2 Å². The molecule has 0 aliphatic carbocycles. The Morgan fingerprint density at radius 2 is 2.09 bits per heavy atom. The molecule has 9 heteroatoms. The van der Waals surface area contributed by atoms with Gasteiger partial charge >= 0.3 is 5.97 Å². The van der Waals surface area contributed by atoms with Crippen LogP contribution < -0.4 is 5.32 Å². The minimum Gasteiger partial charge on any atom is -0.462 e. The molecule has 3 aromatic heterocycles. The van der Waals surface area contributed by atoms with Crippen molar-refractivity contribution in [1.82, 2.24) is 14.2 Å². The number of pyridine rings is 1. The highest BCUT2D eigenvalue weighted by molar-refractivity contribution is 6.10. The van der Waals surface area contributed by atoms with Crippen LogP contribution in [0, 0.1) is 25.2 Å². The Morgan fingerprint density at radius 1 is 1.33 bits per heavy atom. The SMILES string of the molecule is CCOC(=O)c1cnn2ccc(NC(=O)/C(C#N)=C/c3cc(C)n(C(C)COC)c3C)cc12. The van der Waals surface area contributed by atoms with Crippen molar-refractivity contribution in [2.45, 2.75) is 33.7 Å². The van der Waals surface area contributed by atoms with Crippen molar-refractivity contribution in [2.24, 2.45) is 0 Å². The lowest BCUT2D eigenvalue weighted by molar-refractivity contribution is -0.112. The van der Waals surface area contributed by atoms with E-state index in [9.17, 15) is 14.9 Å². The molecule has 0 saturated heterocycles. The van der Waals surface area contributed by atoms with Gasteiger partial charge in [-0.2, -0.15) is 10.4 Å². The van der Waals surface area contributed by atoms with Crippen LogP contribution in [0.3, 0.4) is 0 Å². The first-order valence-electron chi connectivity index (χ1n) is 10.6. The van der Waals surface area contributed by atoms with Crippen molar-refractivity contribution in [2.75, 3.05) is 25.6 Å². The average Bonchev–Trinajstić information content (AvgIpc) is 3.32. The molecular formula is C24H27N5O4. The second-order valence-corrected chi connectivity index (χ2v) is 7.65. The lowest BCUT2D eigenvalue weighted by atomic mass is 10.1. The number of amides is 1. The molecule has 0 fully saturated rings. The second-order valence-electron chi connectivity index (χ2n) is 7.65. The Bertz CT molecular complexity index is 1260. The molecule has 0 saturated carbocycles. The molecule has 1 amide bonds. The summed E-state index contributed by atoms with van der Waals surface area (Å²) < 4.78 is 13.9. The van der Waals surface area contributed by atoms with Gasteiger partial charge in [-0.25, -0.2) is 9.31 Å². The molecule has 1 atom stereocenters. The van der Waals surface area contributed by atoms with Crippen molar-refractivity contribution >= 4 is 29.2 Å². The molecule has 0 spiro atoms. The van der Waals surface area contributed by atoms with Crippen molar-refractivity contribution in [1.29, 1.82) is 5.26 Å². The first-order chi connectivity index (χ1) is 15.8. The number of nitriles is 1. The molecule has 0 radical (unpaired) electrons. The fourth-order valence-corrected chi connectivity index (χ4v) is 3.87. The van der Waals surface area contributed by atoms with Crippen LogP contribution in [-0.4, -0.2) is 46.4 Å². The number of esters is 1. The molecule has 1 unspecified atom stereocenters. The zero-order chi connectivity index (χ0) is 24.1. The van der Waals surface area contributed by atoms with E-state index in [2.05, 4.69) is 15.0 Å². The Labute approximate surface area is 192 Å². The van der Waals surface area contributed by atoms with Crippen LogP contribution in [-0.2, 0) is 14.3 Å². The average molecular weight is 450 g/mol. The summed E-state index contributed by atoms with van der Waals surface area (Å²) in [6.45, 7) is 8.49. The Kier molecular flexibility index (Phi) is 7.30. The number of carbonyl (C=O) groups is 2. The highest BCUT2D eigenvalue weighted by atomic mass is 16.5. The maximum Gasteiger partial charge on any atom is 0.341 e. The van der Waals surface area contributed by atoms with Crippen LogP contribution in [0.4, 0.5) is 5.69 Å². The summed E-state index contributed by atoms with van der Waals surface area (Å²) in [6, 6.07) is 7.30. The van der Waals surface area contributed by atoms with Gasteiger partial charge in [0.2, 0.25) is 0 Å². The van der Waals surface area contributed by atoms with Gasteiger partial charge in [-0.05, 0) is 57.5 Å². The van der Waals surface area contributed by atoms with Gasteiger partial charge in [0.1, 0.15) is 17.2 Å². The van der Waals surface area contributed by atoms with Crippen molar-refractivity contribution < 1.29 is 19.1 Å². The predicted molar refractivity (Wildman–Crippen MR) is 124 cm³/mol. The zero-order valence-corrected chi connectivity index (χ0v) is 19.4. The van der Waals surface area contributed by atoms with Gasteiger partial charge in [-0.3, -0.25) is 4.79 Å². The van der Waals surface area contributed by atoms with Crippen LogP contribution >= 0.6 is 0 Å². The van der Waals surface area contributed by atoms with Gasteiger partial charge in [0, 0.05) is 30.4 Å². The lowest BCUT2D eigenvalue weighted by Gasteiger charge is -2.17. The smallest absolute Gasteiger partial charge is 0.341 e. The first-order valence-corrected chi connectivity index (χ1v) is 10.6. The summed E-state index contributed by atoms with van der Waals surface area (Å²) in [4.78, 5) is 25.0. The van der Waals surface area contributed by atoms with Crippen molar-refractivity contribution in [3.63, 3.8) is 0 Å². The highest BCUT2D eigenvalue weighted by Crippen LogP contribution is 2.23. The number of hydrogen-bond donors (Lipinski definition) is 1. The number of fused-ring (bicyclic) bond motifs is 1. The van der Waals surface area contributed by atoms with Crippen LogP contribution in [0.15, 0.2) is 36.2 Å². The lowest BCUT2D eigenvalue weighted by Crippen LogP contribution is -2.14. The monoisotopic (exact) mass is 449 g/mol. The molecule has 1 N–H and O–H groups in total. The van der Waals surface area contributed by atoms with Gasteiger partial charge in [0.25, 0.3) is 5.91 Å². The summed E-state index contributed by atoms with van der Waals surface area (Å²) in [5.41, 5.74) is 3.92. The highest BCUT2D eigenvalue weighted by Gasteiger charge is 2.17. The van der Waals surface area contributed by atoms with E-state index >= 15 is 0 Å². The number of hydrogen-bond acceptors (Lipinski definition) is 6. The third-order valence-corrected chi connectivity index (χ3v) is 5.31. The summed E-state index contributed by atoms with van der Waals surface area (Å²) in [5, 5.41) is 16.5. The van der Waals surface area contributed by atoms with Gasteiger partial charge in [-0.1, -0.05) is 0 Å². The largest absolute Gasteiger partial charge is 0.462 e. The number of ether oxygens (including phenoxy) is 2. The van der Waals surface area contributed by atoms with E-state index in [0.29, 0.717) is 23.4 Å². The summed E-state index contributed by atoms with van der Waals surface area (Å²) in [6.07, 6.45) is 4.61. The van der Waals surface area contributed by atoms with Crippen molar-refractivity contribution in [3.8, 4) is 6.07 Å². The number of rotatable bonds is 8.